The molecule has 1 saturated heterocycles. The number of hydrogen-bond donors (Lipinski definition) is 2. The van der Waals surface area contributed by atoms with Gasteiger partial charge in [-0.25, -0.2) is 13.1 Å². The van der Waals surface area contributed by atoms with Gasteiger partial charge < -0.3 is 10.1 Å². The second kappa shape index (κ2) is 8.79. The maximum atomic E-state index is 12.6. The summed E-state index contributed by atoms with van der Waals surface area (Å²) in [6, 6.07) is 6.67. The fraction of sp³-hybridized carbons (Fsp3) is 0.562. The van der Waals surface area contributed by atoms with Gasteiger partial charge in [-0.1, -0.05) is 6.07 Å². The number of aryl methyl sites for hydroxylation is 1. The predicted molar refractivity (Wildman–Crippen MR) is 94.7 cm³/mol. The van der Waals surface area contributed by atoms with Gasteiger partial charge in [-0.15, -0.1) is 12.4 Å². The van der Waals surface area contributed by atoms with Crippen LogP contribution in [0.25, 0.3) is 0 Å². The average Bonchev–Trinajstić information content (AvgIpc) is 2.55. The van der Waals surface area contributed by atoms with Gasteiger partial charge in [-0.05, 0) is 50.6 Å². The van der Waals surface area contributed by atoms with Gasteiger partial charge >= 0.3 is 0 Å². The summed E-state index contributed by atoms with van der Waals surface area (Å²) in [6.45, 7) is 4.29. The molecule has 1 fully saturated rings. The lowest BCUT2D eigenvalue weighted by atomic mass is 9.80. The van der Waals surface area contributed by atoms with Gasteiger partial charge in [0.05, 0.1) is 23.1 Å². The minimum absolute atomic E-state index is 0. The van der Waals surface area contributed by atoms with Crippen LogP contribution in [-0.4, -0.2) is 41.8 Å². The normalized spacial score (nSPS) is 16.9. The standard InChI is InChI=1S/C16H23N3O3S.ClH/c1-13-3-4-14(10-17)9-15(13)23(20,21)19-11-16(12-22-2)5-7-18-8-6-16;/h3-4,9,18-19H,5-8,11-12H2,1-2H3;1H. The summed E-state index contributed by atoms with van der Waals surface area (Å²) < 4.78 is 33.3. The molecule has 0 amide bonds. The van der Waals surface area contributed by atoms with Crippen LogP contribution < -0.4 is 10.0 Å². The lowest BCUT2D eigenvalue weighted by Crippen LogP contribution is -2.47. The monoisotopic (exact) mass is 373 g/mol. The van der Waals surface area contributed by atoms with E-state index in [0.717, 1.165) is 25.9 Å². The summed E-state index contributed by atoms with van der Waals surface area (Å²) >= 11 is 0. The third-order valence-electron chi connectivity index (χ3n) is 4.36. The fourth-order valence-electron chi connectivity index (χ4n) is 2.92. The Bertz CT molecular complexity index is 689. The van der Waals surface area contributed by atoms with Crippen LogP contribution in [0.5, 0.6) is 0 Å². The van der Waals surface area contributed by atoms with E-state index < -0.39 is 10.0 Å². The third kappa shape index (κ3) is 4.91. The first kappa shape index (κ1) is 20.9. The highest BCUT2D eigenvalue weighted by Gasteiger charge is 2.33. The highest BCUT2D eigenvalue weighted by molar-refractivity contribution is 7.89. The molecule has 2 N–H and O–H groups in total. The summed E-state index contributed by atoms with van der Waals surface area (Å²) in [6.07, 6.45) is 1.72. The van der Waals surface area contributed by atoms with E-state index in [1.165, 1.54) is 6.07 Å². The average molecular weight is 374 g/mol. The Kier molecular flexibility index (Phi) is 7.64. The van der Waals surface area contributed by atoms with Crippen LogP contribution in [0.4, 0.5) is 0 Å². The van der Waals surface area contributed by atoms with E-state index in [9.17, 15) is 8.42 Å². The zero-order chi connectivity index (χ0) is 16.9. The smallest absolute Gasteiger partial charge is 0.240 e. The Balaban J connectivity index is 0.00000288. The number of methoxy groups -OCH3 is 1. The van der Waals surface area contributed by atoms with Crippen LogP contribution in [0.15, 0.2) is 23.1 Å². The van der Waals surface area contributed by atoms with E-state index in [4.69, 9.17) is 10.00 Å². The van der Waals surface area contributed by atoms with Crippen molar-refractivity contribution in [1.29, 1.82) is 5.26 Å². The number of rotatable bonds is 6. The molecule has 0 atom stereocenters. The van der Waals surface area contributed by atoms with E-state index in [1.54, 1.807) is 26.2 Å². The van der Waals surface area contributed by atoms with Gasteiger partial charge in [0.15, 0.2) is 0 Å². The number of halogens is 1. The SMILES string of the molecule is COCC1(CNS(=O)(=O)c2cc(C#N)ccc2C)CCNCC1.Cl. The minimum Gasteiger partial charge on any atom is -0.384 e. The van der Waals surface area contributed by atoms with Gasteiger partial charge in [-0.3, -0.25) is 0 Å². The Labute approximate surface area is 150 Å². The maximum Gasteiger partial charge on any atom is 0.240 e. The first-order valence-electron chi connectivity index (χ1n) is 7.63. The number of ether oxygens (including phenoxy) is 1. The van der Waals surface area contributed by atoms with Crippen LogP contribution in [0, 0.1) is 23.7 Å². The van der Waals surface area contributed by atoms with Gasteiger partial charge in [0.2, 0.25) is 10.0 Å². The Morgan fingerprint density at radius 2 is 2.04 bits per heavy atom. The van der Waals surface area contributed by atoms with Crippen LogP contribution in [0.2, 0.25) is 0 Å². The number of nitrogens with zero attached hydrogens (tertiary/aromatic N) is 1. The van der Waals surface area contributed by atoms with Crippen LogP contribution in [-0.2, 0) is 14.8 Å². The Hall–Kier alpha value is -1.17. The number of sulfonamides is 1. The lowest BCUT2D eigenvalue weighted by Gasteiger charge is -2.37. The minimum atomic E-state index is -3.66. The number of benzene rings is 1. The van der Waals surface area contributed by atoms with Gasteiger partial charge in [0.1, 0.15) is 0 Å². The summed E-state index contributed by atoms with van der Waals surface area (Å²) in [7, 11) is -2.02. The van der Waals surface area contributed by atoms with Crippen LogP contribution >= 0.6 is 12.4 Å². The van der Waals surface area contributed by atoms with Crippen molar-refractivity contribution in [1.82, 2.24) is 10.0 Å². The Morgan fingerprint density at radius 1 is 1.38 bits per heavy atom. The molecule has 2 rings (SSSR count). The molecule has 0 radical (unpaired) electrons. The summed E-state index contributed by atoms with van der Waals surface area (Å²) in [4.78, 5) is 0.165. The van der Waals surface area contributed by atoms with Crippen LogP contribution in [0.3, 0.4) is 0 Å². The van der Waals surface area contributed by atoms with Crippen molar-refractivity contribution in [2.45, 2.75) is 24.7 Å². The van der Waals surface area contributed by atoms with Crippen molar-refractivity contribution in [3.63, 3.8) is 0 Å². The zero-order valence-corrected chi connectivity index (χ0v) is 15.6. The topological polar surface area (TPSA) is 91.2 Å². The van der Waals surface area contributed by atoms with Crippen molar-refractivity contribution < 1.29 is 13.2 Å². The summed E-state index contributed by atoms with van der Waals surface area (Å²) in [5, 5.41) is 12.3. The first-order chi connectivity index (χ1) is 10.9. The predicted octanol–water partition coefficient (Wildman–Crippen LogP) is 1.58. The molecule has 0 aromatic heterocycles. The molecular formula is C16H24ClN3O3S. The van der Waals surface area contributed by atoms with Crippen molar-refractivity contribution in [3.05, 3.63) is 29.3 Å². The second-order valence-electron chi connectivity index (χ2n) is 6.10. The van der Waals surface area contributed by atoms with Crippen molar-refractivity contribution in [3.8, 4) is 6.07 Å². The first-order valence-corrected chi connectivity index (χ1v) is 9.11. The van der Waals surface area contributed by atoms with Crippen molar-refractivity contribution in [2.75, 3.05) is 33.4 Å². The molecule has 0 spiro atoms. The summed E-state index contributed by atoms with van der Waals surface area (Å²) in [5.41, 5.74) is 0.778. The lowest BCUT2D eigenvalue weighted by molar-refractivity contribution is 0.0577. The summed E-state index contributed by atoms with van der Waals surface area (Å²) in [5.74, 6) is 0. The molecular weight excluding hydrogens is 350 g/mol. The second-order valence-corrected chi connectivity index (χ2v) is 7.84. The van der Waals surface area contributed by atoms with E-state index in [1.807, 2.05) is 6.07 Å². The van der Waals surface area contributed by atoms with Gasteiger partial charge in [-0.2, -0.15) is 5.26 Å². The van der Waals surface area contributed by atoms with E-state index in [0.29, 0.717) is 24.3 Å². The molecule has 6 nitrogen and oxygen atoms in total. The fourth-order valence-corrected chi connectivity index (χ4v) is 4.35. The van der Waals surface area contributed by atoms with Crippen molar-refractivity contribution in [2.24, 2.45) is 5.41 Å². The molecule has 0 aliphatic carbocycles. The third-order valence-corrected chi connectivity index (χ3v) is 5.90. The van der Waals surface area contributed by atoms with Gasteiger partial charge in [0.25, 0.3) is 0 Å². The maximum absolute atomic E-state index is 12.6. The zero-order valence-electron chi connectivity index (χ0n) is 14.0. The van der Waals surface area contributed by atoms with E-state index in [2.05, 4.69) is 10.0 Å². The number of piperidine rings is 1. The number of nitriles is 1. The molecule has 1 aromatic carbocycles. The van der Waals surface area contributed by atoms with Crippen LogP contribution in [0.1, 0.15) is 24.0 Å². The quantitative estimate of drug-likeness (QED) is 0.790. The molecule has 0 unspecified atom stereocenters. The van der Waals surface area contributed by atoms with E-state index in [-0.39, 0.29) is 22.7 Å². The van der Waals surface area contributed by atoms with E-state index >= 15 is 0 Å². The number of hydrogen-bond acceptors (Lipinski definition) is 5. The highest BCUT2D eigenvalue weighted by atomic mass is 35.5. The molecule has 1 aromatic rings. The molecule has 1 aliphatic heterocycles. The number of nitrogens with one attached hydrogen (secondary N) is 2. The molecule has 134 valence electrons. The molecule has 1 aliphatic rings. The molecule has 8 heteroatoms. The molecule has 24 heavy (non-hydrogen) atoms. The van der Waals surface area contributed by atoms with Gasteiger partial charge in [0, 0.05) is 19.1 Å². The largest absolute Gasteiger partial charge is 0.384 e. The highest BCUT2D eigenvalue weighted by Crippen LogP contribution is 2.29. The Morgan fingerprint density at radius 3 is 2.62 bits per heavy atom. The molecule has 1 heterocycles. The molecule has 0 bridgehead atoms. The molecule has 0 saturated carbocycles. The van der Waals surface area contributed by atoms with Crippen molar-refractivity contribution >= 4 is 22.4 Å².